The fraction of sp³-hybridized carbons (Fsp3) is 0. The van der Waals surface area contributed by atoms with E-state index in [2.05, 4.69) is 217 Å². The summed E-state index contributed by atoms with van der Waals surface area (Å²) < 4.78 is 0. The Hall–Kier alpha value is -6.96. The van der Waals surface area contributed by atoms with Gasteiger partial charge >= 0.3 is 0 Å². The predicted octanol–water partition coefficient (Wildman–Crippen LogP) is 14.8. The maximum Gasteiger partial charge on any atom is 0.0467 e. The molecule has 0 aromatic heterocycles. The Labute approximate surface area is 309 Å². The summed E-state index contributed by atoms with van der Waals surface area (Å²) in [6, 6.07) is 77.2. The van der Waals surface area contributed by atoms with Gasteiger partial charge in [-0.05, 0) is 119 Å². The molecule has 0 bridgehead atoms. The van der Waals surface area contributed by atoms with E-state index in [0.717, 1.165) is 17.1 Å². The summed E-state index contributed by atoms with van der Waals surface area (Å²) in [5.41, 5.74) is 10.6. The van der Waals surface area contributed by atoms with Crippen LogP contribution in [0.15, 0.2) is 212 Å². The monoisotopic (exact) mass is 673 g/mol. The number of fused-ring (bicyclic) bond motifs is 6. The molecule has 0 aliphatic heterocycles. The minimum atomic E-state index is 1.11. The van der Waals surface area contributed by atoms with Crippen LogP contribution in [0.3, 0.4) is 0 Å². The van der Waals surface area contributed by atoms with Crippen molar-refractivity contribution in [2.45, 2.75) is 0 Å². The molecule has 0 radical (unpaired) electrons. The summed E-state index contributed by atoms with van der Waals surface area (Å²) in [5, 5.41) is 10.2. The highest BCUT2D eigenvalue weighted by molar-refractivity contribution is 6.17. The molecule has 0 aliphatic rings. The molecule has 0 fully saturated rings. The highest BCUT2D eigenvalue weighted by Gasteiger charge is 2.15. The third-order valence-corrected chi connectivity index (χ3v) is 10.6. The Kier molecular flexibility index (Phi) is 7.55. The van der Waals surface area contributed by atoms with Gasteiger partial charge in [0.1, 0.15) is 0 Å². The highest BCUT2D eigenvalue weighted by Crippen LogP contribution is 2.40. The zero-order chi connectivity index (χ0) is 35.1. The predicted molar refractivity (Wildman–Crippen MR) is 227 cm³/mol. The van der Waals surface area contributed by atoms with Crippen molar-refractivity contribution in [3.8, 4) is 33.4 Å². The molecule has 10 aromatic carbocycles. The van der Waals surface area contributed by atoms with Crippen LogP contribution < -0.4 is 4.90 Å². The highest BCUT2D eigenvalue weighted by atomic mass is 15.1. The van der Waals surface area contributed by atoms with Crippen LogP contribution in [-0.2, 0) is 0 Å². The first-order chi connectivity index (χ1) is 26.3. The van der Waals surface area contributed by atoms with E-state index in [1.807, 2.05) is 0 Å². The number of nitrogens with zero attached hydrogens (tertiary/aromatic N) is 1. The molecule has 1 nitrogen and oxygen atoms in total. The van der Waals surface area contributed by atoms with Gasteiger partial charge in [-0.15, -0.1) is 0 Å². The first kappa shape index (κ1) is 30.8. The third-order valence-electron chi connectivity index (χ3n) is 10.6. The van der Waals surface area contributed by atoms with Gasteiger partial charge in [0.05, 0.1) is 0 Å². The van der Waals surface area contributed by atoms with E-state index < -0.39 is 0 Å². The van der Waals surface area contributed by atoms with Crippen molar-refractivity contribution in [3.05, 3.63) is 212 Å². The van der Waals surface area contributed by atoms with E-state index in [9.17, 15) is 0 Å². The lowest BCUT2D eigenvalue weighted by Crippen LogP contribution is -2.10. The molecule has 0 N–H and O–H groups in total. The van der Waals surface area contributed by atoms with Crippen LogP contribution >= 0.6 is 0 Å². The number of rotatable bonds is 6. The van der Waals surface area contributed by atoms with Crippen LogP contribution in [0.1, 0.15) is 0 Å². The van der Waals surface area contributed by atoms with E-state index in [1.165, 1.54) is 76.5 Å². The van der Waals surface area contributed by atoms with Gasteiger partial charge in [0.2, 0.25) is 0 Å². The molecule has 0 heterocycles. The van der Waals surface area contributed by atoms with Crippen molar-refractivity contribution >= 4 is 60.2 Å². The standard InChI is InChI=1S/C52H35N/c1-2-10-36(11-3-1)37-20-27-44(28-21-37)53(45-29-22-40(23-30-45)48-19-9-14-38-12-4-6-17-47(38)48)46-16-8-15-41(35-46)42-25-31-50-43(34-42)26-33-51-49-18-7-5-13-39(49)24-32-52(50)51/h1-35H. The Morgan fingerprint density at radius 3 is 1.47 bits per heavy atom. The van der Waals surface area contributed by atoms with Crippen LogP contribution in [0.25, 0.3) is 76.5 Å². The lowest BCUT2D eigenvalue weighted by Gasteiger charge is -2.26. The second-order valence-electron chi connectivity index (χ2n) is 13.8. The lowest BCUT2D eigenvalue weighted by molar-refractivity contribution is 1.28. The van der Waals surface area contributed by atoms with Gasteiger partial charge < -0.3 is 4.90 Å². The van der Waals surface area contributed by atoms with Gasteiger partial charge in [0, 0.05) is 17.1 Å². The summed E-state index contributed by atoms with van der Waals surface area (Å²) in [6.07, 6.45) is 0. The minimum Gasteiger partial charge on any atom is -0.310 e. The molecule has 248 valence electrons. The Morgan fingerprint density at radius 2 is 0.717 bits per heavy atom. The largest absolute Gasteiger partial charge is 0.310 e. The molecule has 1 heteroatoms. The van der Waals surface area contributed by atoms with Crippen LogP contribution in [0.2, 0.25) is 0 Å². The van der Waals surface area contributed by atoms with Gasteiger partial charge in [-0.1, -0.05) is 170 Å². The fourth-order valence-electron chi connectivity index (χ4n) is 7.98. The maximum atomic E-state index is 2.37. The fourth-order valence-corrected chi connectivity index (χ4v) is 7.98. The Bertz CT molecular complexity index is 2920. The molecule has 10 aromatic rings. The van der Waals surface area contributed by atoms with Gasteiger partial charge in [-0.2, -0.15) is 0 Å². The normalized spacial score (nSPS) is 11.4. The lowest BCUT2D eigenvalue weighted by atomic mass is 9.94. The van der Waals surface area contributed by atoms with Crippen LogP contribution in [0, 0.1) is 0 Å². The van der Waals surface area contributed by atoms with E-state index in [1.54, 1.807) is 0 Å². The molecule has 10 rings (SSSR count). The summed E-state index contributed by atoms with van der Waals surface area (Å²) in [7, 11) is 0. The van der Waals surface area contributed by atoms with E-state index in [-0.39, 0.29) is 0 Å². The first-order valence-electron chi connectivity index (χ1n) is 18.3. The Balaban J connectivity index is 1.06. The summed E-state index contributed by atoms with van der Waals surface area (Å²) in [5.74, 6) is 0. The number of hydrogen-bond acceptors (Lipinski definition) is 1. The summed E-state index contributed by atoms with van der Waals surface area (Å²) in [4.78, 5) is 2.37. The van der Waals surface area contributed by atoms with Gasteiger partial charge in [-0.25, -0.2) is 0 Å². The maximum absolute atomic E-state index is 2.37. The van der Waals surface area contributed by atoms with Crippen LogP contribution in [0.5, 0.6) is 0 Å². The van der Waals surface area contributed by atoms with Gasteiger partial charge in [-0.3, -0.25) is 0 Å². The van der Waals surface area contributed by atoms with Crippen molar-refractivity contribution in [3.63, 3.8) is 0 Å². The number of hydrogen-bond donors (Lipinski definition) is 0. The third kappa shape index (κ3) is 5.60. The van der Waals surface area contributed by atoms with Gasteiger partial charge in [0.25, 0.3) is 0 Å². The molecular weight excluding hydrogens is 639 g/mol. The quantitative estimate of drug-likeness (QED) is 0.159. The summed E-state index contributed by atoms with van der Waals surface area (Å²) >= 11 is 0. The molecule has 0 atom stereocenters. The molecule has 0 unspecified atom stereocenters. The van der Waals surface area contributed by atoms with E-state index in [0.29, 0.717) is 0 Å². The molecule has 0 saturated carbocycles. The number of benzene rings is 10. The zero-order valence-corrected chi connectivity index (χ0v) is 29.2. The van der Waals surface area contributed by atoms with Crippen molar-refractivity contribution in [1.82, 2.24) is 0 Å². The van der Waals surface area contributed by atoms with Crippen molar-refractivity contribution in [2.75, 3.05) is 4.90 Å². The van der Waals surface area contributed by atoms with Crippen LogP contribution in [0.4, 0.5) is 17.1 Å². The van der Waals surface area contributed by atoms with E-state index >= 15 is 0 Å². The van der Waals surface area contributed by atoms with Crippen molar-refractivity contribution < 1.29 is 0 Å². The Morgan fingerprint density at radius 1 is 0.226 bits per heavy atom. The van der Waals surface area contributed by atoms with Crippen LogP contribution in [-0.4, -0.2) is 0 Å². The molecule has 0 aliphatic carbocycles. The molecule has 53 heavy (non-hydrogen) atoms. The average molecular weight is 674 g/mol. The second kappa shape index (κ2) is 13.0. The number of anilines is 3. The molecule has 0 spiro atoms. The van der Waals surface area contributed by atoms with Crippen molar-refractivity contribution in [2.24, 2.45) is 0 Å². The smallest absolute Gasteiger partial charge is 0.0467 e. The van der Waals surface area contributed by atoms with E-state index in [4.69, 9.17) is 0 Å². The van der Waals surface area contributed by atoms with Gasteiger partial charge in [0.15, 0.2) is 0 Å². The molecule has 0 amide bonds. The second-order valence-corrected chi connectivity index (χ2v) is 13.8. The molecule has 0 saturated heterocycles. The van der Waals surface area contributed by atoms with Crippen molar-refractivity contribution in [1.29, 1.82) is 0 Å². The average Bonchev–Trinajstić information content (AvgIpc) is 3.24. The topological polar surface area (TPSA) is 3.24 Å². The first-order valence-corrected chi connectivity index (χ1v) is 18.3. The summed E-state index contributed by atoms with van der Waals surface area (Å²) in [6.45, 7) is 0. The minimum absolute atomic E-state index is 1.11. The zero-order valence-electron chi connectivity index (χ0n) is 29.2. The molecular formula is C52H35N. The SMILES string of the molecule is c1ccc(-c2ccc(N(c3ccc(-c4cccc5ccccc45)cc3)c3cccc(-c4ccc5c(ccc6c7ccccc7ccc56)c4)c3)cc2)cc1.